The first kappa shape index (κ1) is 13.3. The van der Waals surface area contributed by atoms with Gasteiger partial charge in [-0.1, -0.05) is 15.9 Å². The summed E-state index contributed by atoms with van der Waals surface area (Å²) >= 11 is 5.44. The molecule has 2 aromatic rings. The number of fused-ring (bicyclic) bond motifs is 1. The largest absolute Gasteiger partial charge is 0.381 e. The number of nitrogens with zero attached hydrogens (tertiary/aromatic N) is 3. The van der Waals surface area contributed by atoms with Crippen molar-refractivity contribution in [3.8, 4) is 0 Å². The molecule has 1 aliphatic heterocycles. The van der Waals surface area contributed by atoms with Crippen LogP contribution in [0, 0.1) is 5.41 Å². The summed E-state index contributed by atoms with van der Waals surface area (Å²) in [6, 6.07) is 0. The number of hydrogen-bond donors (Lipinski definition) is 1. The van der Waals surface area contributed by atoms with Crippen LogP contribution in [-0.2, 0) is 4.74 Å². The predicted molar refractivity (Wildman–Crippen MR) is 78.7 cm³/mol. The Balaban J connectivity index is 1.76. The molecule has 1 fully saturated rings. The molecule has 1 N–H and O–H groups in total. The third kappa shape index (κ3) is 2.78. The van der Waals surface area contributed by atoms with Gasteiger partial charge in [-0.15, -0.1) is 11.8 Å². The third-order valence-electron chi connectivity index (χ3n) is 3.54. The highest BCUT2D eigenvalue weighted by atomic mass is 79.9. The van der Waals surface area contributed by atoms with Gasteiger partial charge in [0.1, 0.15) is 16.9 Å². The van der Waals surface area contributed by atoms with E-state index in [2.05, 4.69) is 35.9 Å². The molecule has 2 aromatic heterocycles. The van der Waals surface area contributed by atoms with E-state index < -0.39 is 0 Å². The van der Waals surface area contributed by atoms with E-state index in [9.17, 15) is 0 Å². The van der Waals surface area contributed by atoms with Crippen LogP contribution in [0.3, 0.4) is 0 Å². The van der Waals surface area contributed by atoms with Crippen LogP contribution in [0.5, 0.6) is 0 Å². The number of rotatable bonds is 4. The van der Waals surface area contributed by atoms with Crippen molar-refractivity contribution >= 4 is 38.9 Å². The topological polar surface area (TPSA) is 63.7 Å². The predicted octanol–water partition coefficient (Wildman–Crippen LogP) is 2.64. The zero-order chi connectivity index (χ0) is 13.1. The number of H-pyrrole nitrogens is 1. The van der Waals surface area contributed by atoms with Crippen molar-refractivity contribution in [2.24, 2.45) is 5.41 Å². The van der Waals surface area contributed by atoms with Crippen LogP contribution in [0.1, 0.15) is 12.8 Å². The van der Waals surface area contributed by atoms with E-state index in [1.807, 2.05) is 0 Å². The molecule has 0 aliphatic carbocycles. The molecule has 0 spiro atoms. The minimum absolute atomic E-state index is 0.306. The van der Waals surface area contributed by atoms with Crippen LogP contribution in [0.2, 0.25) is 0 Å². The summed E-state index contributed by atoms with van der Waals surface area (Å²) in [4.78, 5) is 15.8. The first-order valence-electron chi connectivity index (χ1n) is 6.24. The fraction of sp³-hybridized carbons (Fsp3) is 0.583. The number of ether oxygens (including phenoxy) is 1. The van der Waals surface area contributed by atoms with Crippen LogP contribution in [-0.4, -0.2) is 44.2 Å². The van der Waals surface area contributed by atoms with Crippen LogP contribution >= 0.6 is 27.7 Å². The smallest absolute Gasteiger partial charge is 0.181 e. The molecule has 1 saturated heterocycles. The average Bonchev–Trinajstić information content (AvgIpc) is 2.95. The van der Waals surface area contributed by atoms with Crippen molar-refractivity contribution < 1.29 is 4.74 Å². The molecule has 0 saturated carbocycles. The first-order chi connectivity index (χ1) is 9.33. The lowest BCUT2D eigenvalue weighted by molar-refractivity contribution is 0.0374. The van der Waals surface area contributed by atoms with E-state index in [0.29, 0.717) is 5.41 Å². The number of nitrogens with one attached hydrogen (secondary N) is 1. The SMILES string of the molecule is BrCC1(CSc2ncnc3nc[nH]c23)CCOCC1. The van der Waals surface area contributed by atoms with Gasteiger partial charge in [0.25, 0.3) is 0 Å². The monoisotopic (exact) mass is 342 g/mol. The molecule has 0 amide bonds. The Kier molecular flexibility index (Phi) is 4.04. The molecule has 19 heavy (non-hydrogen) atoms. The fourth-order valence-corrected chi connectivity index (χ4v) is 4.47. The van der Waals surface area contributed by atoms with E-state index in [-0.39, 0.29) is 0 Å². The van der Waals surface area contributed by atoms with Gasteiger partial charge in [0, 0.05) is 24.3 Å². The lowest BCUT2D eigenvalue weighted by Gasteiger charge is -2.35. The van der Waals surface area contributed by atoms with Crippen molar-refractivity contribution in [2.45, 2.75) is 17.9 Å². The molecular weight excluding hydrogens is 328 g/mol. The molecule has 0 unspecified atom stereocenters. The second kappa shape index (κ2) is 5.76. The van der Waals surface area contributed by atoms with Gasteiger partial charge in [0.2, 0.25) is 0 Å². The normalized spacial score (nSPS) is 18.8. The molecular formula is C12H15BrN4OS. The molecule has 0 radical (unpaired) electrons. The molecule has 3 heterocycles. The molecule has 3 rings (SSSR count). The van der Waals surface area contributed by atoms with Gasteiger partial charge >= 0.3 is 0 Å². The minimum atomic E-state index is 0.306. The summed E-state index contributed by atoms with van der Waals surface area (Å²) in [6.07, 6.45) is 5.44. The van der Waals surface area contributed by atoms with Gasteiger partial charge in [-0.05, 0) is 18.3 Å². The Morgan fingerprint density at radius 3 is 2.95 bits per heavy atom. The highest BCUT2D eigenvalue weighted by Crippen LogP contribution is 2.38. The summed E-state index contributed by atoms with van der Waals surface area (Å²) in [5.41, 5.74) is 1.97. The maximum atomic E-state index is 5.46. The first-order valence-corrected chi connectivity index (χ1v) is 8.34. The Hall–Kier alpha value is -0.660. The van der Waals surface area contributed by atoms with Gasteiger partial charge in [-0.3, -0.25) is 0 Å². The number of aromatic amines is 1. The summed E-state index contributed by atoms with van der Waals surface area (Å²) < 4.78 is 5.46. The molecule has 102 valence electrons. The van der Waals surface area contributed by atoms with Crippen LogP contribution in [0.15, 0.2) is 17.7 Å². The minimum Gasteiger partial charge on any atom is -0.381 e. The molecule has 0 atom stereocenters. The van der Waals surface area contributed by atoms with Crippen molar-refractivity contribution in [1.29, 1.82) is 0 Å². The third-order valence-corrected chi connectivity index (χ3v) is 6.07. The molecule has 1 aliphatic rings. The Bertz CT molecular complexity index is 555. The van der Waals surface area contributed by atoms with Gasteiger partial charge in [-0.2, -0.15) is 0 Å². The molecule has 5 nitrogen and oxygen atoms in total. The van der Waals surface area contributed by atoms with Crippen molar-refractivity contribution in [1.82, 2.24) is 19.9 Å². The summed E-state index contributed by atoms with van der Waals surface area (Å²) in [5, 5.41) is 1.99. The van der Waals surface area contributed by atoms with Crippen LogP contribution in [0.25, 0.3) is 11.2 Å². The zero-order valence-electron chi connectivity index (χ0n) is 10.4. The van der Waals surface area contributed by atoms with Crippen molar-refractivity contribution in [2.75, 3.05) is 24.3 Å². The quantitative estimate of drug-likeness (QED) is 0.525. The van der Waals surface area contributed by atoms with Crippen molar-refractivity contribution in [3.63, 3.8) is 0 Å². The summed E-state index contributed by atoms with van der Waals surface area (Å²) in [6.45, 7) is 1.71. The Labute approximate surface area is 124 Å². The van der Waals surface area contributed by atoms with Gasteiger partial charge in [0.15, 0.2) is 5.65 Å². The lowest BCUT2D eigenvalue weighted by atomic mass is 9.85. The summed E-state index contributed by atoms with van der Waals surface area (Å²) in [7, 11) is 0. The maximum Gasteiger partial charge on any atom is 0.181 e. The summed E-state index contributed by atoms with van der Waals surface area (Å²) in [5.74, 6) is 1.03. The average molecular weight is 343 g/mol. The van der Waals surface area contributed by atoms with Gasteiger partial charge in [0.05, 0.1) is 6.33 Å². The highest BCUT2D eigenvalue weighted by molar-refractivity contribution is 9.09. The van der Waals surface area contributed by atoms with E-state index in [1.54, 1.807) is 24.4 Å². The van der Waals surface area contributed by atoms with Gasteiger partial charge in [-0.25, -0.2) is 15.0 Å². The molecule has 0 aromatic carbocycles. The van der Waals surface area contributed by atoms with E-state index in [4.69, 9.17) is 4.74 Å². The number of thioether (sulfide) groups is 1. The Morgan fingerprint density at radius 1 is 1.32 bits per heavy atom. The maximum absolute atomic E-state index is 5.46. The van der Waals surface area contributed by atoms with Crippen LogP contribution in [0.4, 0.5) is 0 Å². The molecule has 0 bridgehead atoms. The van der Waals surface area contributed by atoms with Crippen LogP contribution < -0.4 is 0 Å². The number of imidazole rings is 1. The Morgan fingerprint density at radius 2 is 2.16 bits per heavy atom. The van der Waals surface area contributed by atoms with E-state index in [0.717, 1.165) is 53.3 Å². The molecule has 7 heteroatoms. The lowest BCUT2D eigenvalue weighted by Crippen LogP contribution is -2.33. The second-order valence-electron chi connectivity index (χ2n) is 4.81. The number of aromatic nitrogens is 4. The number of hydrogen-bond acceptors (Lipinski definition) is 5. The van der Waals surface area contributed by atoms with E-state index in [1.165, 1.54) is 0 Å². The standard InChI is InChI=1S/C12H15BrN4OS/c13-5-12(1-3-18-4-2-12)6-19-11-9-10(15-7-14-9)16-8-17-11/h7-8H,1-6H2,(H,14,15,16,17). The van der Waals surface area contributed by atoms with Gasteiger partial charge < -0.3 is 9.72 Å². The fourth-order valence-electron chi connectivity index (χ4n) is 2.19. The zero-order valence-corrected chi connectivity index (χ0v) is 12.8. The van der Waals surface area contributed by atoms with Crippen molar-refractivity contribution in [3.05, 3.63) is 12.7 Å². The second-order valence-corrected chi connectivity index (χ2v) is 6.34. The number of halogens is 1. The highest BCUT2D eigenvalue weighted by Gasteiger charge is 2.32. The number of alkyl halides is 1. The van der Waals surface area contributed by atoms with E-state index >= 15 is 0 Å².